The average molecular weight is 283 g/mol. The number of esters is 1. The summed E-state index contributed by atoms with van der Waals surface area (Å²) in [5, 5.41) is 2.98. The van der Waals surface area contributed by atoms with Crippen LogP contribution in [0.3, 0.4) is 0 Å². The molecule has 0 aliphatic carbocycles. The van der Waals surface area contributed by atoms with E-state index < -0.39 is 11.8 Å². The van der Waals surface area contributed by atoms with Gasteiger partial charge in [-0.05, 0) is 40.1 Å². The summed E-state index contributed by atoms with van der Waals surface area (Å²) in [6.45, 7) is 4.51. The zero-order chi connectivity index (χ0) is 15.3. The van der Waals surface area contributed by atoms with Crippen molar-refractivity contribution >= 4 is 17.3 Å². The second-order valence-electron chi connectivity index (χ2n) is 4.83. The zero-order valence-electron chi connectivity index (χ0n) is 12.4. The fraction of sp³-hybridized carbons (Fsp3) is 0.500. The first kappa shape index (κ1) is 16.2. The number of hydrogen-bond donors (Lipinski definition) is 2. The first-order valence-corrected chi connectivity index (χ1v) is 6.53. The lowest BCUT2D eigenvalue weighted by atomic mass is 10.1. The number of rotatable bonds is 6. The minimum Gasteiger partial charge on any atom is -0.462 e. The molecule has 0 amide bonds. The number of carbonyl (C=O) groups is 1. The molecular formula is C14H22FN3O2. The van der Waals surface area contributed by atoms with E-state index in [1.54, 1.807) is 6.92 Å². The number of nitrogens with two attached hydrogens (primary N) is 1. The molecule has 0 fully saturated rings. The normalized spacial score (nSPS) is 12.3. The lowest BCUT2D eigenvalue weighted by molar-refractivity contribution is 0.0527. The molecule has 0 heterocycles. The van der Waals surface area contributed by atoms with Crippen molar-refractivity contribution in [2.24, 2.45) is 0 Å². The van der Waals surface area contributed by atoms with Gasteiger partial charge >= 0.3 is 5.97 Å². The Morgan fingerprint density at radius 2 is 2.15 bits per heavy atom. The summed E-state index contributed by atoms with van der Waals surface area (Å²) in [6.07, 6.45) is 0. The number of halogens is 1. The van der Waals surface area contributed by atoms with Gasteiger partial charge in [-0.3, -0.25) is 0 Å². The van der Waals surface area contributed by atoms with Crippen LogP contribution >= 0.6 is 0 Å². The van der Waals surface area contributed by atoms with E-state index in [0.29, 0.717) is 6.54 Å². The van der Waals surface area contributed by atoms with Crippen molar-refractivity contribution in [2.45, 2.75) is 19.9 Å². The molecule has 6 heteroatoms. The number of benzene rings is 1. The molecule has 0 aromatic heterocycles. The Morgan fingerprint density at radius 3 is 2.70 bits per heavy atom. The highest BCUT2D eigenvalue weighted by Crippen LogP contribution is 2.23. The van der Waals surface area contributed by atoms with E-state index in [2.05, 4.69) is 5.32 Å². The van der Waals surface area contributed by atoms with Gasteiger partial charge in [-0.1, -0.05) is 0 Å². The topological polar surface area (TPSA) is 67.6 Å². The quantitative estimate of drug-likeness (QED) is 0.617. The molecule has 5 nitrogen and oxygen atoms in total. The standard InChI is InChI=1S/C14H22FN3O2/c1-5-20-14(19)10-6-13(11(15)7-12(10)16)17-8-9(2)18(3)4/h6-7,9,17H,5,8,16H2,1-4H3. The highest BCUT2D eigenvalue weighted by molar-refractivity contribution is 5.96. The Morgan fingerprint density at radius 1 is 1.50 bits per heavy atom. The number of ether oxygens (including phenoxy) is 1. The summed E-state index contributed by atoms with van der Waals surface area (Å²) in [7, 11) is 3.88. The van der Waals surface area contributed by atoms with Crippen molar-refractivity contribution in [3.8, 4) is 0 Å². The summed E-state index contributed by atoms with van der Waals surface area (Å²) in [5.74, 6) is -1.03. The predicted octanol–water partition coefficient (Wildman–Crippen LogP) is 1.95. The lowest BCUT2D eigenvalue weighted by Crippen LogP contribution is -2.31. The smallest absolute Gasteiger partial charge is 0.340 e. The third-order valence-corrected chi connectivity index (χ3v) is 3.10. The first-order chi connectivity index (χ1) is 9.36. The van der Waals surface area contributed by atoms with Crippen LogP contribution in [-0.4, -0.2) is 44.2 Å². The van der Waals surface area contributed by atoms with Crippen LogP contribution in [0.25, 0.3) is 0 Å². The number of nitrogen functional groups attached to an aromatic ring is 1. The van der Waals surface area contributed by atoms with Crippen LogP contribution in [0.5, 0.6) is 0 Å². The van der Waals surface area contributed by atoms with Crippen LogP contribution in [0.15, 0.2) is 12.1 Å². The maximum Gasteiger partial charge on any atom is 0.340 e. The van der Waals surface area contributed by atoms with Crippen LogP contribution in [0, 0.1) is 5.82 Å². The monoisotopic (exact) mass is 283 g/mol. The molecule has 1 aromatic carbocycles. The van der Waals surface area contributed by atoms with Crippen molar-refractivity contribution in [2.75, 3.05) is 38.3 Å². The highest BCUT2D eigenvalue weighted by Gasteiger charge is 2.15. The van der Waals surface area contributed by atoms with Gasteiger partial charge in [0.05, 0.1) is 17.9 Å². The maximum absolute atomic E-state index is 13.8. The van der Waals surface area contributed by atoms with Gasteiger partial charge in [0.25, 0.3) is 0 Å². The van der Waals surface area contributed by atoms with E-state index >= 15 is 0 Å². The maximum atomic E-state index is 13.8. The summed E-state index contributed by atoms with van der Waals surface area (Å²) >= 11 is 0. The van der Waals surface area contributed by atoms with Crippen molar-refractivity contribution < 1.29 is 13.9 Å². The lowest BCUT2D eigenvalue weighted by Gasteiger charge is -2.21. The fourth-order valence-electron chi connectivity index (χ4n) is 1.55. The van der Waals surface area contributed by atoms with E-state index in [9.17, 15) is 9.18 Å². The number of hydrogen-bond acceptors (Lipinski definition) is 5. The Bertz CT molecular complexity index is 478. The average Bonchev–Trinajstić information content (AvgIpc) is 2.37. The van der Waals surface area contributed by atoms with E-state index in [0.717, 1.165) is 6.07 Å². The van der Waals surface area contributed by atoms with Crippen molar-refractivity contribution in [3.63, 3.8) is 0 Å². The number of nitrogens with zero attached hydrogens (tertiary/aromatic N) is 1. The Balaban J connectivity index is 2.91. The summed E-state index contributed by atoms with van der Waals surface area (Å²) in [5.41, 5.74) is 6.15. The summed E-state index contributed by atoms with van der Waals surface area (Å²) < 4.78 is 18.7. The molecule has 1 unspecified atom stereocenters. The van der Waals surface area contributed by atoms with Gasteiger partial charge in [0.15, 0.2) is 0 Å². The zero-order valence-corrected chi connectivity index (χ0v) is 12.4. The molecule has 0 saturated carbocycles. The largest absolute Gasteiger partial charge is 0.462 e. The third-order valence-electron chi connectivity index (χ3n) is 3.10. The first-order valence-electron chi connectivity index (χ1n) is 6.53. The molecule has 0 bridgehead atoms. The van der Waals surface area contributed by atoms with E-state index in [-0.39, 0.29) is 29.6 Å². The minimum atomic E-state index is -0.547. The Kier molecular flexibility index (Phi) is 5.76. The molecule has 1 atom stereocenters. The molecule has 0 spiro atoms. The van der Waals surface area contributed by atoms with Gasteiger partial charge in [0, 0.05) is 18.3 Å². The summed E-state index contributed by atoms with van der Waals surface area (Å²) in [4.78, 5) is 13.7. The van der Waals surface area contributed by atoms with E-state index in [4.69, 9.17) is 10.5 Å². The number of nitrogens with one attached hydrogen (secondary N) is 1. The molecule has 0 saturated heterocycles. The molecule has 0 aliphatic rings. The minimum absolute atomic E-state index is 0.0761. The molecule has 1 aromatic rings. The number of anilines is 2. The van der Waals surface area contributed by atoms with Crippen LogP contribution in [0.4, 0.5) is 15.8 Å². The predicted molar refractivity (Wildman–Crippen MR) is 78.4 cm³/mol. The summed E-state index contributed by atoms with van der Waals surface area (Å²) in [6, 6.07) is 2.75. The molecule has 1 rings (SSSR count). The molecule has 3 N–H and O–H groups in total. The van der Waals surface area contributed by atoms with E-state index in [1.807, 2.05) is 25.9 Å². The Hall–Kier alpha value is -1.82. The third kappa shape index (κ3) is 4.09. The van der Waals surface area contributed by atoms with Crippen LogP contribution < -0.4 is 11.1 Å². The van der Waals surface area contributed by atoms with Gasteiger partial charge < -0.3 is 20.7 Å². The SMILES string of the molecule is CCOC(=O)c1cc(NCC(C)N(C)C)c(F)cc1N. The second kappa shape index (κ2) is 7.09. The van der Waals surface area contributed by atoms with E-state index in [1.165, 1.54) is 6.07 Å². The van der Waals surface area contributed by atoms with Crippen molar-refractivity contribution in [1.29, 1.82) is 0 Å². The van der Waals surface area contributed by atoms with Gasteiger partial charge in [0.2, 0.25) is 0 Å². The van der Waals surface area contributed by atoms with Crippen LogP contribution in [0.2, 0.25) is 0 Å². The molecule has 0 aliphatic heterocycles. The van der Waals surface area contributed by atoms with Crippen LogP contribution in [-0.2, 0) is 4.74 Å². The molecule has 0 radical (unpaired) electrons. The highest BCUT2D eigenvalue weighted by atomic mass is 19.1. The van der Waals surface area contributed by atoms with Crippen molar-refractivity contribution in [1.82, 2.24) is 4.90 Å². The fourth-order valence-corrected chi connectivity index (χ4v) is 1.55. The molecule has 112 valence electrons. The van der Waals surface area contributed by atoms with Crippen LogP contribution in [0.1, 0.15) is 24.2 Å². The van der Waals surface area contributed by atoms with Gasteiger partial charge in [-0.15, -0.1) is 0 Å². The van der Waals surface area contributed by atoms with Gasteiger partial charge in [-0.2, -0.15) is 0 Å². The Labute approximate surface area is 118 Å². The van der Waals surface area contributed by atoms with Gasteiger partial charge in [0.1, 0.15) is 5.82 Å². The second-order valence-corrected chi connectivity index (χ2v) is 4.83. The van der Waals surface area contributed by atoms with Crippen molar-refractivity contribution in [3.05, 3.63) is 23.5 Å². The number of carbonyl (C=O) groups excluding carboxylic acids is 1. The number of likely N-dealkylation sites (N-methyl/N-ethyl adjacent to an activating group) is 1. The van der Waals surface area contributed by atoms with Gasteiger partial charge in [-0.25, -0.2) is 9.18 Å². The molecule has 20 heavy (non-hydrogen) atoms. The molecular weight excluding hydrogens is 261 g/mol.